The van der Waals surface area contributed by atoms with E-state index in [4.69, 9.17) is 0 Å². The van der Waals surface area contributed by atoms with Gasteiger partial charge in [-0.25, -0.2) is 9.78 Å². The van der Waals surface area contributed by atoms with Crippen LogP contribution in [0.25, 0.3) is 11.0 Å². The second-order valence-corrected chi connectivity index (χ2v) is 7.72. The Hall–Kier alpha value is -1.90. The summed E-state index contributed by atoms with van der Waals surface area (Å²) in [6.45, 7) is 2.49. The van der Waals surface area contributed by atoms with Gasteiger partial charge in [-0.05, 0) is 44.2 Å². The van der Waals surface area contributed by atoms with Crippen molar-refractivity contribution in [3.05, 3.63) is 38.7 Å². The average Bonchev–Trinajstić information content (AvgIpc) is 3.53. The highest BCUT2D eigenvalue weighted by molar-refractivity contribution is 5.96. The van der Waals surface area contributed by atoms with Crippen LogP contribution in [0.15, 0.2) is 21.9 Å². The van der Waals surface area contributed by atoms with Crippen molar-refractivity contribution in [3.63, 3.8) is 0 Å². The fraction of sp³-hybridized carbons (Fsp3) is 0.579. The molecule has 2 aromatic rings. The molecule has 4 rings (SSSR count). The monoisotopic (exact) mass is 443 g/mol. The van der Waals surface area contributed by atoms with Gasteiger partial charge in [-0.2, -0.15) is 0 Å². The first-order chi connectivity index (χ1) is 13.0. The molecular formula is C19H27Cl2N5O3. The molecule has 0 radical (unpaired) electrons. The van der Waals surface area contributed by atoms with Crippen LogP contribution in [0.1, 0.15) is 36.0 Å². The number of amides is 1. The maximum atomic E-state index is 12.9. The third-order valence-electron chi connectivity index (χ3n) is 5.71. The van der Waals surface area contributed by atoms with Crippen molar-refractivity contribution in [2.24, 2.45) is 20.0 Å². The van der Waals surface area contributed by atoms with Crippen LogP contribution in [0.2, 0.25) is 0 Å². The number of halogens is 2. The van der Waals surface area contributed by atoms with E-state index in [1.807, 2.05) is 4.90 Å². The second-order valence-electron chi connectivity index (χ2n) is 7.72. The van der Waals surface area contributed by atoms with E-state index in [0.29, 0.717) is 30.3 Å². The number of fused-ring (bicyclic) bond motifs is 1. The number of pyridine rings is 1. The lowest BCUT2D eigenvalue weighted by Gasteiger charge is -2.32. The van der Waals surface area contributed by atoms with Gasteiger partial charge in [-0.3, -0.25) is 18.7 Å². The SMILES string of the molecule is Cl.Cl.Cn1c(=O)c2cc(C(=O)N3CCC(NCC4CC4)CC3)cnc2n(C)c1=O. The topological polar surface area (TPSA) is 89.2 Å². The average molecular weight is 444 g/mol. The lowest BCUT2D eigenvalue weighted by Crippen LogP contribution is -2.45. The maximum absolute atomic E-state index is 12.9. The highest BCUT2D eigenvalue weighted by atomic mass is 35.5. The van der Waals surface area contributed by atoms with E-state index >= 15 is 0 Å². The Labute approximate surface area is 181 Å². The van der Waals surface area contributed by atoms with Crippen LogP contribution < -0.4 is 16.6 Å². The number of likely N-dealkylation sites (tertiary alicyclic amines) is 1. The summed E-state index contributed by atoms with van der Waals surface area (Å²) in [7, 11) is 3.00. The number of nitrogens with zero attached hydrogens (tertiary/aromatic N) is 4. The Balaban J connectivity index is 0.00000150. The molecule has 1 saturated carbocycles. The van der Waals surface area contributed by atoms with Crippen molar-refractivity contribution < 1.29 is 4.79 Å². The zero-order valence-electron chi connectivity index (χ0n) is 16.6. The van der Waals surface area contributed by atoms with Gasteiger partial charge in [-0.1, -0.05) is 0 Å². The molecular weight excluding hydrogens is 417 g/mol. The number of hydrogen-bond acceptors (Lipinski definition) is 5. The Kier molecular flexibility index (Phi) is 7.48. The lowest BCUT2D eigenvalue weighted by molar-refractivity contribution is 0.0704. The molecule has 0 unspecified atom stereocenters. The Morgan fingerprint density at radius 2 is 1.76 bits per heavy atom. The molecule has 0 aromatic carbocycles. The summed E-state index contributed by atoms with van der Waals surface area (Å²) in [6.07, 6.45) is 6.02. The van der Waals surface area contributed by atoms with Gasteiger partial charge in [0.2, 0.25) is 0 Å². The molecule has 0 atom stereocenters. The number of hydrogen-bond donors (Lipinski definition) is 1. The Morgan fingerprint density at radius 3 is 2.38 bits per heavy atom. The van der Waals surface area contributed by atoms with Crippen molar-refractivity contribution in [1.82, 2.24) is 24.3 Å². The number of carbonyl (C=O) groups excluding carboxylic acids is 1. The molecule has 29 heavy (non-hydrogen) atoms. The van der Waals surface area contributed by atoms with Crippen LogP contribution in [-0.4, -0.2) is 50.6 Å². The lowest BCUT2D eigenvalue weighted by atomic mass is 10.0. The number of nitrogens with one attached hydrogen (secondary N) is 1. The minimum absolute atomic E-state index is 0. The zero-order chi connectivity index (χ0) is 19.1. The first kappa shape index (κ1) is 23.4. The molecule has 8 nitrogen and oxygen atoms in total. The molecule has 1 aliphatic heterocycles. The molecule has 2 fully saturated rings. The van der Waals surface area contributed by atoms with E-state index in [2.05, 4.69) is 10.3 Å². The van der Waals surface area contributed by atoms with Crippen molar-refractivity contribution in [1.29, 1.82) is 0 Å². The summed E-state index contributed by atoms with van der Waals surface area (Å²) < 4.78 is 2.36. The normalized spacial score (nSPS) is 17.0. The van der Waals surface area contributed by atoms with Crippen molar-refractivity contribution in [2.45, 2.75) is 31.7 Å². The van der Waals surface area contributed by atoms with Crippen molar-refractivity contribution in [3.8, 4) is 0 Å². The molecule has 0 spiro atoms. The number of rotatable bonds is 4. The summed E-state index contributed by atoms with van der Waals surface area (Å²) in [6, 6.07) is 2.04. The minimum atomic E-state index is -0.432. The summed E-state index contributed by atoms with van der Waals surface area (Å²) in [4.78, 5) is 43.3. The first-order valence-electron chi connectivity index (χ1n) is 9.54. The van der Waals surface area contributed by atoms with E-state index in [1.54, 1.807) is 13.1 Å². The number of aromatic nitrogens is 3. The van der Waals surface area contributed by atoms with Gasteiger partial charge in [0.1, 0.15) is 5.65 Å². The minimum Gasteiger partial charge on any atom is -0.338 e. The van der Waals surface area contributed by atoms with E-state index < -0.39 is 11.2 Å². The van der Waals surface area contributed by atoms with Gasteiger partial charge < -0.3 is 10.2 Å². The molecule has 1 amide bonds. The van der Waals surface area contributed by atoms with Gasteiger partial charge in [0.15, 0.2) is 0 Å². The van der Waals surface area contributed by atoms with Crippen molar-refractivity contribution >= 4 is 41.8 Å². The van der Waals surface area contributed by atoms with Gasteiger partial charge >= 0.3 is 5.69 Å². The molecule has 0 bridgehead atoms. The predicted molar refractivity (Wildman–Crippen MR) is 116 cm³/mol. The van der Waals surface area contributed by atoms with Crippen LogP contribution in [0, 0.1) is 5.92 Å². The van der Waals surface area contributed by atoms with E-state index in [9.17, 15) is 14.4 Å². The van der Waals surface area contributed by atoms with Gasteiger partial charge in [0.05, 0.1) is 10.9 Å². The second kappa shape index (κ2) is 9.28. The summed E-state index contributed by atoms with van der Waals surface area (Å²) in [5, 5.41) is 3.89. The smallest absolute Gasteiger partial charge is 0.332 e. The van der Waals surface area contributed by atoms with Gasteiger partial charge in [-0.15, -0.1) is 24.8 Å². The first-order valence-corrected chi connectivity index (χ1v) is 9.54. The highest BCUT2D eigenvalue weighted by Crippen LogP contribution is 2.28. The molecule has 10 heteroatoms. The van der Waals surface area contributed by atoms with Gasteiger partial charge in [0, 0.05) is 39.4 Å². The fourth-order valence-corrected chi connectivity index (χ4v) is 3.71. The Morgan fingerprint density at radius 1 is 1.10 bits per heavy atom. The molecule has 1 N–H and O–H groups in total. The number of aryl methyl sites for hydroxylation is 1. The van der Waals surface area contributed by atoms with Crippen LogP contribution in [-0.2, 0) is 14.1 Å². The standard InChI is InChI=1S/C19H25N5O3.2ClH/c1-22-16-15(18(26)23(2)19(22)27)9-13(11-21-16)17(25)24-7-5-14(6-8-24)20-10-12-3-4-12;;/h9,11-12,14,20H,3-8,10H2,1-2H3;2*1H. The van der Waals surface area contributed by atoms with Gasteiger partial charge in [0.25, 0.3) is 11.5 Å². The number of piperidine rings is 1. The summed E-state index contributed by atoms with van der Waals surface area (Å²) in [5.41, 5.74) is -0.177. The van der Waals surface area contributed by atoms with Crippen LogP contribution in [0.4, 0.5) is 0 Å². The molecule has 160 valence electrons. The molecule has 3 heterocycles. The largest absolute Gasteiger partial charge is 0.338 e. The summed E-state index contributed by atoms with van der Waals surface area (Å²) in [5.74, 6) is 0.743. The van der Waals surface area contributed by atoms with E-state index in [1.165, 1.54) is 30.7 Å². The zero-order valence-corrected chi connectivity index (χ0v) is 18.2. The fourth-order valence-electron chi connectivity index (χ4n) is 3.71. The van der Waals surface area contributed by atoms with Crippen LogP contribution >= 0.6 is 24.8 Å². The number of carbonyl (C=O) groups is 1. The van der Waals surface area contributed by atoms with Crippen LogP contribution in [0.5, 0.6) is 0 Å². The summed E-state index contributed by atoms with van der Waals surface area (Å²) >= 11 is 0. The molecule has 1 aliphatic carbocycles. The molecule has 2 aliphatic rings. The van der Waals surface area contributed by atoms with E-state index in [0.717, 1.165) is 29.9 Å². The Bertz CT molecular complexity index is 1010. The third-order valence-corrected chi connectivity index (χ3v) is 5.71. The highest BCUT2D eigenvalue weighted by Gasteiger charge is 2.26. The third kappa shape index (κ3) is 4.65. The van der Waals surface area contributed by atoms with Crippen LogP contribution in [0.3, 0.4) is 0 Å². The van der Waals surface area contributed by atoms with E-state index in [-0.39, 0.29) is 36.1 Å². The maximum Gasteiger partial charge on any atom is 0.332 e. The van der Waals surface area contributed by atoms with Crippen molar-refractivity contribution in [2.75, 3.05) is 19.6 Å². The predicted octanol–water partition coefficient (Wildman–Crippen LogP) is 1.08. The molecule has 1 saturated heterocycles. The molecule has 2 aromatic heterocycles. The quantitative estimate of drug-likeness (QED) is 0.763.